The van der Waals surface area contributed by atoms with Crippen LogP contribution in [0.1, 0.15) is 24.3 Å². The molecule has 2 N–H and O–H groups in total. The van der Waals surface area contributed by atoms with Gasteiger partial charge in [-0.3, -0.25) is 4.79 Å². The van der Waals surface area contributed by atoms with Gasteiger partial charge >= 0.3 is 0 Å². The van der Waals surface area contributed by atoms with E-state index in [-0.39, 0.29) is 17.5 Å². The van der Waals surface area contributed by atoms with E-state index in [9.17, 15) is 4.79 Å². The van der Waals surface area contributed by atoms with E-state index in [1.807, 2.05) is 13.8 Å². The molecular formula is C15H16Cl2N4O. The highest BCUT2D eigenvalue weighted by atomic mass is 35.5. The van der Waals surface area contributed by atoms with E-state index < -0.39 is 0 Å². The van der Waals surface area contributed by atoms with Crippen LogP contribution in [-0.4, -0.2) is 22.4 Å². The zero-order valence-corrected chi connectivity index (χ0v) is 13.7. The van der Waals surface area contributed by atoms with Gasteiger partial charge in [0.2, 0.25) is 5.95 Å². The minimum atomic E-state index is -0.239. The Hall–Kier alpha value is -1.85. The third-order valence-electron chi connectivity index (χ3n) is 2.76. The molecule has 1 aromatic carbocycles. The summed E-state index contributed by atoms with van der Waals surface area (Å²) in [5, 5.41) is 6.57. The molecule has 2 rings (SSSR count). The highest BCUT2D eigenvalue weighted by molar-refractivity contribution is 6.43. The van der Waals surface area contributed by atoms with Crippen LogP contribution in [0.25, 0.3) is 0 Å². The number of nitrogens with one attached hydrogen (secondary N) is 2. The van der Waals surface area contributed by atoms with Gasteiger partial charge in [0.05, 0.1) is 15.7 Å². The molecule has 7 heteroatoms. The van der Waals surface area contributed by atoms with E-state index in [1.165, 1.54) is 6.20 Å². The van der Waals surface area contributed by atoms with Crippen molar-refractivity contribution in [2.75, 3.05) is 11.9 Å². The first-order chi connectivity index (χ1) is 10.5. The van der Waals surface area contributed by atoms with E-state index in [0.29, 0.717) is 28.2 Å². The Balaban J connectivity index is 2.15. The lowest BCUT2D eigenvalue weighted by molar-refractivity contribution is 0.0944. The minimum Gasteiger partial charge on any atom is -0.350 e. The molecule has 1 amide bonds. The Bertz CT molecular complexity index is 676. The van der Waals surface area contributed by atoms with Crippen molar-refractivity contribution in [2.24, 2.45) is 5.92 Å². The first kappa shape index (κ1) is 16.5. The predicted octanol–water partition coefficient (Wildman–Crippen LogP) is 3.91. The van der Waals surface area contributed by atoms with Gasteiger partial charge in [-0.1, -0.05) is 43.1 Å². The van der Waals surface area contributed by atoms with Gasteiger partial charge in [0.25, 0.3) is 5.91 Å². The van der Waals surface area contributed by atoms with Crippen molar-refractivity contribution in [3.8, 4) is 0 Å². The van der Waals surface area contributed by atoms with Crippen LogP contribution in [-0.2, 0) is 0 Å². The second-order valence-corrected chi connectivity index (χ2v) is 5.88. The molecular weight excluding hydrogens is 323 g/mol. The number of amides is 1. The molecule has 116 valence electrons. The molecule has 1 aromatic heterocycles. The third kappa shape index (κ3) is 4.32. The van der Waals surface area contributed by atoms with Gasteiger partial charge in [-0.15, -0.1) is 0 Å². The lowest BCUT2D eigenvalue weighted by Gasteiger charge is -2.10. The van der Waals surface area contributed by atoms with Crippen LogP contribution in [0.5, 0.6) is 0 Å². The van der Waals surface area contributed by atoms with Crippen LogP contribution < -0.4 is 10.6 Å². The summed E-state index contributed by atoms with van der Waals surface area (Å²) in [7, 11) is 0. The quantitative estimate of drug-likeness (QED) is 0.867. The highest BCUT2D eigenvalue weighted by Gasteiger charge is 2.10. The number of hydrogen-bond donors (Lipinski definition) is 2. The number of aromatic nitrogens is 2. The van der Waals surface area contributed by atoms with Crippen molar-refractivity contribution in [3.63, 3.8) is 0 Å². The van der Waals surface area contributed by atoms with Gasteiger partial charge in [0.15, 0.2) is 0 Å². The molecule has 0 unspecified atom stereocenters. The molecule has 22 heavy (non-hydrogen) atoms. The number of benzene rings is 1. The zero-order valence-electron chi connectivity index (χ0n) is 12.2. The smallest absolute Gasteiger partial charge is 0.270 e. The van der Waals surface area contributed by atoms with Gasteiger partial charge in [-0.05, 0) is 24.1 Å². The second-order valence-electron chi connectivity index (χ2n) is 5.10. The van der Waals surface area contributed by atoms with Crippen molar-refractivity contribution in [2.45, 2.75) is 13.8 Å². The normalized spacial score (nSPS) is 10.6. The Kier molecular flexibility index (Phi) is 5.57. The molecule has 2 aromatic rings. The summed E-state index contributed by atoms with van der Waals surface area (Å²) in [6.45, 7) is 4.63. The molecule has 5 nitrogen and oxygen atoms in total. The van der Waals surface area contributed by atoms with Crippen LogP contribution in [0.2, 0.25) is 10.0 Å². The Morgan fingerprint density at radius 3 is 2.77 bits per heavy atom. The number of hydrogen-bond acceptors (Lipinski definition) is 4. The average molecular weight is 339 g/mol. The SMILES string of the molecule is CC(C)CNC(=O)c1ccnc(Nc2cccc(Cl)c2Cl)n1. The molecule has 0 atom stereocenters. The summed E-state index contributed by atoms with van der Waals surface area (Å²) in [6.07, 6.45) is 1.51. The summed E-state index contributed by atoms with van der Waals surface area (Å²) in [6, 6.07) is 6.75. The van der Waals surface area contributed by atoms with Crippen molar-refractivity contribution in [1.29, 1.82) is 0 Å². The van der Waals surface area contributed by atoms with E-state index in [0.717, 1.165) is 0 Å². The third-order valence-corrected chi connectivity index (χ3v) is 3.58. The fraction of sp³-hybridized carbons (Fsp3) is 0.267. The van der Waals surface area contributed by atoms with Crippen molar-refractivity contribution < 1.29 is 4.79 Å². The molecule has 0 aliphatic heterocycles. The zero-order chi connectivity index (χ0) is 16.1. The first-order valence-electron chi connectivity index (χ1n) is 6.79. The average Bonchev–Trinajstić information content (AvgIpc) is 2.50. The fourth-order valence-electron chi connectivity index (χ4n) is 1.65. The molecule has 0 aliphatic rings. The van der Waals surface area contributed by atoms with E-state index in [1.54, 1.807) is 24.3 Å². The van der Waals surface area contributed by atoms with E-state index in [4.69, 9.17) is 23.2 Å². The lowest BCUT2D eigenvalue weighted by Crippen LogP contribution is -2.28. The topological polar surface area (TPSA) is 66.9 Å². The minimum absolute atomic E-state index is 0.239. The predicted molar refractivity (Wildman–Crippen MR) is 88.9 cm³/mol. The molecule has 0 spiro atoms. The lowest BCUT2D eigenvalue weighted by atomic mass is 10.2. The van der Waals surface area contributed by atoms with Crippen molar-refractivity contribution in [3.05, 3.63) is 46.2 Å². The summed E-state index contributed by atoms with van der Waals surface area (Å²) in [5.41, 5.74) is 0.866. The van der Waals surface area contributed by atoms with Gasteiger partial charge in [-0.25, -0.2) is 9.97 Å². The van der Waals surface area contributed by atoms with Crippen LogP contribution in [0.4, 0.5) is 11.6 Å². The van der Waals surface area contributed by atoms with Crippen LogP contribution in [0.3, 0.4) is 0 Å². The Morgan fingerprint density at radius 2 is 2.05 bits per heavy atom. The molecule has 0 saturated heterocycles. The number of nitrogens with zero attached hydrogens (tertiary/aromatic N) is 2. The molecule has 0 fully saturated rings. The largest absolute Gasteiger partial charge is 0.350 e. The standard InChI is InChI=1S/C15H16Cl2N4O/c1-9(2)8-19-14(22)12-6-7-18-15(21-12)20-11-5-3-4-10(16)13(11)17/h3-7,9H,8H2,1-2H3,(H,19,22)(H,18,20,21). The van der Waals surface area contributed by atoms with Crippen molar-refractivity contribution in [1.82, 2.24) is 15.3 Å². The van der Waals surface area contributed by atoms with E-state index in [2.05, 4.69) is 20.6 Å². The number of rotatable bonds is 5. The van der Waals surface area contributed by atoms with Gasteiger partial charge in [0.1, 0.15) is 5.69 Å². The summed E-state index contributed by atoms with van der Waals surface area (Å²) in [4.78, 5) is 20.3. The number of anilines is 2. The second kappa shape index (κ2) is 7.42. The van der Waals surface area contributed by atoms with Crippen LogP contribution in [0.15, 0.2) is 30.5 Å². The maximum Gasteiger partial charge on any atom is 0.270 e. The molecule has 0 saturated carbocycles. The number of carbonyl (C=O) groups is 1. The molecule has 0 radical (unpaired) electrons. The number of halogens is 2. The number of carbonyl (C=O) groups excluding carboxylic acids is 1. The van der Waals surface area contributed by atoms with E-state index >= 15 is 0 Å². The molecule has 0 aliphatic carbocycles. The maximum atomic E-state index is 12.0. The first-order valence-corrected chi connectivity index (χ1v) is 7.55. The highest BCUT2D eigenvalue weighted by Crippen LogP contribution is 2.30. The van der Waals surface area contributed by atoms with Gasteiger partial charge in [-0.2, -0.15) is 0 Å². The van der Waals surface area contributed by atoms with Gasteiger partial charge in [0, 0.05) is 12.7 Å². The summed E-state index contributed by atoms with van der Waals surface area (Å²) >= 11 is 12.1. The summed E-state index contributed by atoms with van der Waals surface area (Å²) < 4.78 is 0. The van der Waals surface area contributed by atoms with Gasteiger partial charge < -0.3 is 10.6 Å². The fourth-order valence-corrected chi connectivity index (χ4v) is 2.00. The molecule has 0 bridgehead atoms. The maximum absolute atomic E-state index is 12.0. The van der Waals surface area contributed by atoms with Crippen LogP contribution >= 0.6 is 23.2 Å². The Morgan fingerprint density at radius 1 is 1.27 bits per heavy atom. The van der Waals surface area contributed by atoms with Crippen molar-refractivity contribution >= 4 is 40.7 Å². The molecule has 1 heterocycles. The van der Waals surface area contributed by atoms with Crippen LogP contribution in [0, 0.1) is 5.92 Å². The summed E-state index contributed by atoms with van der Waals surface area (Å²) in [5.74, 6) is 0.409. The Labute approximate surface area is 139 Å². The monoisotopic (exact) mass is 338 g/mol.